The molecule has 0 aromatic heterocycles. The van der Waals surface area contributed by atoms with Gasteiger partial charge in [-0.25, -0.2) is 0 Å². The van der Waals surface area contributed by atoms with Gasteiger partial charge in [-0.1, -0.05) is 57.7 Å². The van der Waals surface area contributed by atoms with Gasteiger partial charge in [-0.05, 0) is 36.8 Å². The van der Waals surface area contributed by atoms with Crippen molar-refractivity contribution in [2.45, 2.75) is 58.8 Å². The zero-order valence-electron chi connectivity index (χ0n) is 12.3. The van der Waals surface area contributed by atoms with Crippen LogP contribution in [-0.4, -0.2) is 5.78 Å². The van der Waals surface area contributed by atoms with Crippen LogP contribution >= 0.6 is 0 Å². The van der Waals surface area contributed by atoms with Crippen LogP contribution in [0.5, 0.6) is 0 Å². The zero-order valence-corrected chi connectivity index (χ0v) is 12.3. The monoisotopic (exact) mass is 258 g/mol. The van der Waals surface area contributed by atoms with Crippen LogP contribution < -0.4 is 0 Å². The molecule has 0 N–H and O–H groups in total. The average Bonchev–Trinajstić information content (AvgIpc) is 2.66. The molecule has 1 aromatic rings. The molecule has 2 rings (SSSR count). The maximum atomic E-state index is 12.6. The van der Waals surface area contributed by atoms with Gasteiger partial charge < -0.3 is 0 Å². The number of hydrogen-bond donors (Lipinski definition) is 0. The van der Waals surface area contributed by atoms with Gasteiger partial charge in [0.25, 0.3) is 0 Å². The second-order valence-electron chi connectivity index (χ2n) is 6.35. The third kappa shape index (κ3) is 4.19. The van der Waals surface area contributed by atoms with E-state index in [4.69, 9.17) is 0 Å². The molecule has 1 aliphatic rings. The quantitative estimate of drug-likeness (QED) is 0.546. The Kier molecular flexibility index (Phi) is 5.18. The van der Waals surface area contributed by atoms with Crippen LogP contribution in [0.2, 0.25) is 0 Å². The van der Waals surface area contributed by atoms with Crippen LogP contribution in [0.4, 0.5) is 0 Å². The predicted molar refractivity (Wildman–Crippen MR) is 80.5 cm³/mol. The normalized spacial score (nSPS) is 17.4. The molecule has 1 aliphatic carbocycles. The molecular formula is C18H26O. The van der Waals surface area contributed by atoms with Gasteiger partial charge >= 0.3 is 0 Å². The third-order valence-corrected chi connectivity index (χ3v) is 4.08. The summed E-state index contributed by atoms with van der Waals surface area (Å²) in [5.41, 5.74) is 2.24. The fourth-order valence-corrected chi connectivity index (χ4v) is 3.10. The molecule has 0 spiro atoms. The Balaban J connectivity index is 2.09. The lowest BCUT2D eigenvalue weighted by Gasteiger charge is -2.14. The van der Waals surface area contributed by atoms with Gasteiger partial charge in [-0.3, -0.25) is 4.79 Å². The highest BCUT2D eigenvalue weighted by atomic mass is 16.1. The summed E-state index contributed by atoms with van der Waals surface area (Å²) in [6, 6.07) is 8.30. The largest absolute Gasteiger partial charge is 0.294 e. The van der Waals surface area contributed by atoms with Crippen molar-refractivity contribution in [2.24, 2.45) is 11.8 Å². The highest BCUT2D eigenvalue weighted by molar-refractivity contribution is 5.98. The Labute approximate surface area is 117 Å². The Morgan fingerprint density at radius 3 is 2.47 bits per heavy atom. The van der Waals surface area contributed by atoms with Gasteiger partial charge in [0.05, 0.1) is 0 Å². The molecule has 0 saturated heterocycles. The van der Waals surface area contributed by atoms with E-state index in [2.05, 4.69) is 26.0 Å². The van der Waals surface area contributed by atoms with Crippen LogP contribution in [0.3, 0.4) is 0 Å². The molecule has 1 nitrogen and oxygen atoms in total. The van der Waals surface area contributed by atoms with Crippen LogP contribution in [0.1, 0.15) is 68.3 Å². The lowest BCUT2D eigenvalue weighted by atomic mass is 9.89. The average molecular weight is 258 g/mol. The first-order chi connectivity index (χ1) is 9.16. The summed E-state index contributed by atoms with van der Waals surface area (Å²) < 4.78 is 0. The number of benzene rings is 1. The number of carbonyl (C=O) groups excluding carboxylic acids is 1. The minimum absolute atomic E-state index is 0.275. The number of hydrogen-bond acceptors (Lipinski definition) is 1. The standard InChI is InChI=1S/C18H26O/c1-14(2)12-15-8-7-11-17(13-15)18(19)16-9-5-3-4-6-10-16/h7-8,11,13-14,16H,3-6,9-10,12H2,1-2H3. The molecule has 0 heterocycles. The molecule has 1 saturated carbocycles. The second-order valence-corrected chi connectivity index (χ2v) is 6.35. The number of carbonyl (C=O) groups is 1. The number of Topliss-reactive ketones (excluding diaryl/α,β-unsaturated/α-hetero) is 1. The molecule has 1 fully saturated rings. The Morgan fingerprint density at radius 1 is 1.16 bits per heavy atom. The molecule has 104 valence electrons. The molecule has 0 unspecified atom stereocenters. The van der Waals surface area contributed by atoms with E-state index in [9.17, 15) is 4.79 Å². The first-order valence-corrected chi connectivity index (χ1v) is 7.80. The fourth-order valence-electron chi connectivity index (χ4n) is 3.10. The Bertz CT molecular complexity index is 411. The van der Waals surface area contributed by atoms with E-state index in [-0.39, 0.29) is 5.92 Å². The molecule has 0 aliphatic heterocycles. The SMILES string of the molecule is CC(C)Cc1cccc(C(=O)C2CCCCCC2)c1. The second kappa shape index (κ2) is 6.88. The van der Waals surface area contributed by atoms with E-state index < -0.39 is 0 Å². The van der Waals surface area contributed by atoms with Crippen molar-refractivity contribution in [1.29, 1.82) is 0 Å². The van der Waals surface area contributed by atoms with Crippen molar-refractivity contribution >= 4 is 5.78 Å². The molecule has 0 radical (unpaired) electrons. The van der Waals surface area contributed by atoms with Crippen molar-refractivity contribution in [3.05, 3.63) is 35.4 Å². The summed E-state index contributed by atoms with van der Waals surface area (Å²) in [6.07, 6.45) is 8.30. The van der Waals surface area contributed by atoms with Crippen LogP contribution in [0, 0.1) is 11.8 Å². The van der Waals surface area contributed by atoms with Gasteiger partial charge in [0.1, 0.15) is 0 Å². The topological polar surface area (TPSA) is 17.1 Å². The summed E-state index contributed by atoms with van der Waals surface area (Å²) in [5, 5.41) is 0. The lowest BCUT2D eigenvalue weighted by molar-refractivity contribution is 0.0908. The van der Waals surface area contributed by atoms with Gasteiger partial charge in [-0.15, -0.1) is 0 Å². The molecule has 0 amide bonds. The molecule has 19 heavy (non-hydrogen) atoms. The summed E-state index contributed by atoms with van der Waals surface area (Å²) in [4.78, 5) is 12.6. The van der Waals surface area contributed by atoms with E-state index in [1.807, 2.05) is 12.1 Å². The van der Waals surface area contributed by atoms with E-state index in [0.29, 0.717) is 11.7 Å². The summed E-state index contributed by atoms with van der Waals surface area (Å²) in [6.45, 7) is 4.44. The van der Waals surface area contributed by atoms with Gasteiger partial charge in [0.2, 0.25) is 0 Å². The third-order valence-electron chi connectivity index (χ3n) is 4.08. The zero-order chi connectivity index (χ0) is 13.7. The van der Waals surface area contributed by atoms with Gasteiger partial charge in [-0.2, -0.15) is 0 Å². The molecule has 1 heteroatoms. The first kappa shape index (κ1) is 14.3. The summed E-state index contributed by atoms with van der Waals surface area (Å²) in [7, 11) is 0. The summed E-state index contributed by atoms with van der Waals surface area (Å²) in [5.74, 6) is 1.30. The smallest absolute Gasteiger partial charge is 0.165 e. The van der Waals surface area contributed by atoms with E-state index in [0.717, 1.165) is 24.8 Å². The number of rotatable bonds is 4. The van der Waals surface area contributed by atoms with Crippen LogP contribution in [0.25, 0.3) is 0 Å². The van der Waals surface area contributed by atoms with Crippen molar-refractivity contribution in [2.75, 3.05) is 0 Å². The fraction of sp³-hybridized carbons (Fsp3) is 0.611. The van der Waals surface area contributed by atoms with Crippen LogP contribution in [-0.2, 0) is 6.42 Å². The first-order valence-electron chi connectivity index (χ1n) is 7.80. The molecule has 0 atom stereocenters. The van der Waals surface area contributed by atoms with E-state index >= 15 is 0 Å². The minimum atomic E-state index is 0.275. The Hall–Kier alpha value is -1.11. The van der Waals surface area contributed by atoms with Crippen molar-refractivity contribution in [3.8, 4) is 0 Å². The van der Waals surface area contributed by atoms with Crippen LogP contribution in [0.15, 0.2) is 24.3 Å². The lowest BCUT2D eigenvalue weighted by Crippen LogP contribution is -2.14. The maximum absolute atomic E-state index is 12.6. The van der Waals surface area contributed by atoms with Gasteiger partial charge in [0, 0.05) is 11.5 Å². The molecule has 0 bridgehead atoms. The van der Waals surface area contributed by atoms with Crippen molar-refractivity contribution in [3.63, 3.8) is 0 Å². The molecular weight excluding hydrogens is 232 g/mol. The maximum Gasteiger partial charge on any atom is 0.165 e. The highest BCUT2D eigenvalue weighted by Gasteiger charge is 2.21. The highest BCUT2D eigenvalue weighted by Crippen LogP contribution is 2.26. The summed E-state index contributed by atoms with van der Waals surface area (Å²) >= 11 is 0. The van der Waals surface area contributed by atoms with E-state index in [1.165, 1.54) is 31.2 Å². The minimum Gasteiger partial charge on any atom is -0.294 e. The van der Waals surface area contributed by atoms with E-state index in [1.54, 1.807) is 0 Å². The molecule has 1 aromatic carbocycles. The number of ketones is 1. The predicted octanol–water partition coefficient (Wildman–Crippen LogP) is 5.04. The van der Waals surface area contributed by atoms with Crippen molar-refractivity contribution in [1.82, 2.24) is 0 Å². The van der Waals surface area contributed by atoms with Crippen molar-refractivity contribution < 1.29 is 4.79 Å². The Morgan fingerprint density at radius 2 is 1.84 bits per heavy atom. The van der Waals surface area contributed by atoms with Gasteiger partial charge in [0.15, 0.2) is 5.78 Å².